The predicted molar refractivity (Wildman–Crippen MR) is 75.4 cm³/mol. The quantitative estimate of drug-likeness (QED) is 0.853. The number of carbonyl (C=O) groups excluding carboxylic acids is 2. The molecule has 110 valence electrons. The number of methoxy groups -OCH3 is 1. The molecule has 6 nitrogen and oxygen atoms in total. The number of imide groups is 1. The number of nitrogens with one attached hydrogen (secondary N) is 1. The molecular formula is C15H17N3O3. The minimum atomic E-state index is -1.11. The van der Waals surface area contributed by atoms with Gasteiger partial charge in [0.25, 0.3) is 5.91 Å². The van der Waals surface area contributed by atoms with Gasteiger partial charge in [-0.3, -0.25) is 9.69 Å². The molecule has 3 amide bonds. The fraction of sp³-hybridized carbons (Fsp3) is 0.400. The zero-order chi connectivity index (χ0) is 15.6. The monoisotopic (exact) mass is 287 g/mol. The van der Waals surface area contributed by atoms with Crippen LogP contribution < -0.4 is 10.1 Å². The highest BCUT2D eigenvalue weighted by atomic mass is 16.5. The van der Waals surface area contributed by atoms with E-state index in [4.69, 9.17) is 10.00 Å². The Kier molecular flexibility index (Phi) is 3.85. The van der Waals surface area contributed by atoms with Crippen molar-refractivity contribution in [3.05, 3.63) is 29.8 Å². The van der Waals surface area contributed by atoms with Gasteiger partial charge in [-0.25, -0.2) is 4.79 Å². The third-order valence-corrected chi connectivity index (χ3v) is 3.62. The van der Waals surface area contributed by atoms with Gasteiger partial charge in [0.2, 0.25) is 0 Å². The molecule has 0 saturated carbocycles. The summed E-state index contributed by atoms with van der Waals surface area (Å²) in [5.41, 5.74) is -0.438. The number of hydrogen-bond acceptors (Lipinski definition) is 4. The molecule has 1 aromatic carbocycles. The van der Waals surface area contributed by atoms with E-state index in [-0.39, 0.29) is 12.5 Å². The minimum absolute atomic E-state index is 0.0902. The lowest BCUT2D eigenvalue weighted by Crippen LogP contribution is -2.41. The molecule has 1 aliphatic heterocycles. The normalized spacial score (nSPS) is 22.7. The molecule has 1 aromatic rings. The van der Waals surface area contributed by atoms with E-state index in [9.17, 15) is 9.59 Å². The van der Waals surface area contributed by atoms with Crippen LogP contribution in [0.3, 0.4) is 0 Å². The SMILES string of the molecule is COc1ccc(C2(C)NC(=O)N(CC(C)C#N)C2=O)cc1. The van der Waals surface area contributed by atoms with E-state index in [1.54, 1.807) is 45.2 Å². The average Bonchev–Trinajstić information content (AvgIpc) is 2.71. The Morgan fingerprint density at radius 1 is 1.38 bits per heavy atom. The Balaban J connectivity index is 2.29. The zero-order valence-electron chi connectivity index (χ0n) is 12.2. The van der Waals surface area contributed by atoms with Crippen LogP contribution in [-0.2, 0) is 10.3 Å². The van der Waals surface area contributed by atoms with Crippen LogP contribution in [0.25, 0.3) is 0 Å². The van der Waals surface area contributed by atoms with Gasteiger partial charge in [0, 0.05) is 6.54 Å². The lowest BCUT2D eigenvalue weighted by Gasteiger charge is -2.22. The van der Waals surface area contributed by atoms with Crippen molar-refractivity contribution in [3.8, 4) is 11.8 Å². The molecule has 0 bridgehead atoms. The Hall–Kier alpha value is -2.55. The maximum Gasteiger partial charge on any atom is 0.325 e. The standard InChI is InChI=1S/C15H17N3O3/c1-10(8-16)9-18-13(19)15(2,17-14(18)20)11-4-6-12(21-3)7-5-11/h4-7,10H,9H2,1-3H3,(H,17,20). The summed E-state index contributed by atoms with van der Waals surface area (Å²) in [5.74, 6) is -0.0771. The van der Waals surface area contributed by atoms with Crippen LogP contribution in [0.5, 0.6) is 5.75 Å². The molecule has 2 unspecified atom stereocenters. The molecule has 2 atom stereocenters. The number of hydrogen-bond donors (Lipinski definition) is 1. The highest BCUT2D eigenvalue weighted by molar-refractivity contribution is 6.07. The molecule has 0 spiro atoms. The summed E-state index contributed by atoms with van der Waals surface area (Å²) in [7, 11) is 1.56. The first-order valence-electron chi connectivity index (χ1n) is 6.60. The topological polar surface area (TPSA) is 82.4 Å². The van der Waals surface area contributed by atoms with Gasteiger partial charge in [-0.2, -0.15) is 5.26 Å². The average molecular weight is 287 g/mol. The fourth-order valence-corrected chi connectivity index (χ4v) is 2.30. The molecule has 1 aliphatic rings. The van der Waals surface area contributed by atoms with E-state index >= 15 is 0 Å². The van der Waals surface area contributed by atoms with Crippen LogP contribution in [-0.4, -0.2) is 30.5 Å². The van der Waals surface area contributed by atoms with Gasteiger partial charge in [-0.15, -0.1) is 0 Å². The first-order valence-corrected chi connectivity index (χ1v) is 6.60. The summed E-state index contributed by atoms with van der Waals surface area (Å²) in [5, 5.41) is 11.5. The molecule has 1 saturated heterocycles. The molecule has 1 fully saturated rings. The molecule has 6 heteroatoms. The third kappa shape index (κ3) is 2.55. The second-order valence-corrected chi connectivity index (χ2v) is 5.23. The molecule has 21 heavy (non-hydrogen) atoms. The van der Waals surface area contributed by atoms with Crippen LogP contribution in [0.1, 0.15) is 19.4 Å². The molecular weight excluding hydrogens is 270 g/mol. The minimum Gasteiger partial charge on any atom is -0.497 e. The Morgan fingerprint density at radius 2 is 2.00 bits per heavy atom. The number of nitrogens with zero attached hydrogens (tertiary/aromatic N) is 2. The maximum atomic E-state index is 12.5. The highest BCUT2D eigenvalue weighted by Gasteiger charge is 2.49. The summed E-state index contributed by atoms with van der Waals surface area (Å²) in [6, 6.07) is 8.51. The molecule has 0 aliphatic carbocycles. The van der Waals surface area contributed by atoms with Crippen molar-refractivity contribution in [1.82, 2.24) is 10.2 Å². The Bertz CT molecular complexity index is 606. The van der Waals surface area contributed by atoms with Gasteiger partial charge in [0.15, 0.2) is 0 Å². The first kappa shape index (κ1) is 14.9. The van der Waals surface area contributed by atoms with Crippen LogP contribution in [0.15, 0.2) is 24.3 Å². The highest BCUT2D eigenvalue weighted by Crippen LogP contribution is 2.30. The van der Waals surface area contributed by atoms with Crippen LogP contribution in [0.2, 0.25) is 0 Å². The number of benzene rings is 1. The van der Waals surface area contributed by atoms with Gasteiger partial charge >= 0.3 is 6.03 Å². The molecule has 0 aromatic heterocycles. The lowest BCUT2D eigenvalue weighted by atomic mass is 9.92. The predicted octanol–water partition coefficient (Wildman–Crippen LogP) is 1.62. The third-order valence-electron chi connectivity index (χ3n) is 3.62. The largest absolute Gasteiger partial charge is 0.497 e. The molecule has 1 heterocycles. The molecule has 0 radical (unpaired) electrons. The van der Waals surface area contributed by atoms with Gasteiger partial charge < -0.3 is 10.1 Å². The second-order valence-electron chi connectivity index (χ2n) is 5.23. The Morgan fingerprint density at radius 3 is 2.52 bits per heavy atom. The van der Waals surface area contributed by atoms with E-state index in [1.165, 1.54) is 0 Å². The summed E-state index contributed by atoms with van der Waals surface area (Å²) >= 11 is 0. The number of nitriles is 1. The van der Waals surface area contributed by atoms with Crippen molar-refractivity contribution < 1.29 is 14.3 Å². The Labute approximate surface area is 123 Å². The van der Waals surface area contributed by atoms with E-state index in [0.717, 1.165) is 4.90 Å². The molecule has 2 rings (SSSR count). The van der Waals surface area contributed by atoms with Crippen LogP contribution >= 0.6 is 0 Å². The van der Waals surface area contributed by atoms with Gasteiger partial charge in [-0.1, -0.05) is 12.1 Å². The van der Waals surface area contributed by atoms with Gasteiger partial charge in [0.05, 0.1) is 19.1 Å². The van der Waals surface area contributed by atoms with Gasteiger partial charge in [0.1, 0.15) is 11.3 Å². The number of carbonyl (C=O) groups is 2. The van der Waals surface area contributed by atoms with Crippen molar-refractivity contribution in [2.24, 2.45) is 5.92 Å². The number of amides is 3. The van der Waals surface area contributed by atoms with Crippen molar-refractivity contribution >= 4 is 11.9 Å². The fourth-order valence-electron chi connectivity index (χ4n) is 2.30. The van der Waals surface area contributed by atoms with E-state index < -0.39 is 17.5 Å². The van der Waals surface area contributed by atoms with E-state index in [0.29, 0.717) is 11.3 Å². The summed E-state index contributed by atoms with van der Waals surface area (Å²) < 4.78 is 5.08. The van der Waals surface area contributed by atoms with Crippen LogP contribution in [0.4, 0.5) is 4.79 Å². The van der Waals surface area contributed by atoms with Crippen molar-refractivity contribution in [2.45, 2.75) is 19.4 Å². The van der Waals surface area contributed by atoms with Crippen LogP contribution in [0, 0.1) is 17.2 Å². The van der Waals surface area contributed by atoms with E-state index in [2.05, 4.69) is 5.32 Å². The van der Waals surface area contributed by atoms with Crippen molar-refractivity contribution in [2.75, 3.05) is 13.7 Å². The first-order chi connectivity index (χ1) is 9.92. The van der Waals surface area contributed by atoms with Crippen molar-refractivity contribution in [3.63, 3.8) is 0 Å². The van der Waals surface area contributed by atoms with Crippen molar-refractivity contribution in [1.29, 1.82) is 5.26 Å². The number of urea groups is 1. The summed E-state index contributed by atoms with van der Waals surface area (Å²) in [6.45, 7) is 3.42. The smallest absolute Gasteiger partial charge is 0.325 e. The zero-order valence-corrected chi connectivity index (χ0v) is 12.2. The second kappa shape index (κ2) is 5.44. The lowest BCUT2D eigenvalue weighted by molar-refractivity contribution is -0.131. The number of ether oxygens (including phenoxy) is 1. The van der Waals surface area contributed by atoms with Gasteiger partial charge in [-0.05, 0) is 31.5 Å². The summed E-state index contributed by atoms with van der Waals surface area (Å²) in [4.78, 5) is 25.6. The van der Waals surface area contributed by atoms with E-state index in [1.807, 2.05) is 6.07 Å². The molecule has 1 N–H and O–H groups in total. The summed E-state index contributed by atoms with van der Waals surface area (Å²) in [6.07, 6.45) is 0. The maximum absolute atomic E-state index is 12.5. The number of rotatable bonds is 4.